The first kappa shape index (κ1) is 22.1. The van der Waals surface area contributed by atoms with E-state index in [1.807, 2.05) is 12.1 Å². The van der Waals surface area contributed by atoms with E-state index < -0.39 is 0 Å². The van der Waals surface area contributed by atoms with Gasteiger partial charge in [-0.25, -0.2) is 4.39 Å². The molecule has 1 aliphatic heterocycles. The van der Waals surface area contributed by atoms with E-state index in [-0.39, 0.29) is 17.6 Å². The van der Waals surface area contributed by atoms with Gasteiger partial charge < -0.3 is 9.73 Å². The van der Waals surface area contributed by atoms with Gasteiger partial charge in [0.2, 0.25) is 17.7 Å². The Balaban J connectivity index is 1.24. The lowest BCUT2D eigenvalue weighted by Gasteiger charge is -2.29. The van der Waals surface area contributed by atoms with Crippen molar-refractivity contribution >= 4 is 11.6 Å². The standard InChI is InChI=1S/C25H29FN4O2/c1-2-3-4-18-5-11-22(12-6-18)27-23(31)17-30-15-13-20(14-16-30)25-29-28-24(32-25)19-7-9-21(26)10-8-19/h5-12,20H,2-4,13-17H2,1H3,(H,27,31). The number of nitrogens with zero attached hydrogens (tertiary/aromatic N) is 3. The van der Waals surface area contributed by atoms with Crippen LogP contribution in [0.4, 0.5) is 10.1 Å². The van der Waals surface area contributed by atoms with Gasteiger partial charge in [0.1, 0.15) is 5.82 Å². The van der Waals surface area contributed by atoms with E-state index in [1.165, 1.54) is 30.5 Å². The Morgan fingerprint density at radius 1 is 1.09 bits per heavy atom. The van der Waals surface area contributed by atoms with Crippen LogP contribution in [0.2, 0.25) is 0 Å². The molecule has 0 saturated carbocycles. The van der Waals surface area contributed by atoms with E-state index in [0.29, 0.717) is 23.9 Å². The average Bonchev–Trinajstić information content (AvgIpc) is 3.30. The molecule has 0 atom stereocenters. The minimum Gasteiger partial charge on any atom is -0.420 e. The molecular weight excluding hydrogens is 407 g/mol. The van der Waals surface area contributed by atoms with Crippen molar-refractivity contribution in [3.63, 3.8) is 0 Å². The van der Waals surface area contributed by atoms with Crippen LogP contribution in [-0.4, -0.2) is 40.6 Å². The number of halogens is 1. The molecule has 1 aromatic heterocycles. The summed E-state index contributed by atoms with van der Waals surface area (Å²) in [7, 11) is 0. The number of carbonyl (C=O) groups excluding carboxylic acids is 1. The summed E-state index contributed by atoms with van der Waals surface area (Å²) in [6.07, 6.45) is 5.13. The van der Waals surface area contributed by atoms with Gasteiger partial charge in [-0.1, -0.05) is 25.5 Å². The number of aromatic nitrogens is 2. The Labute approximate surface area is 187 Å². The Kier molecular flexibility index (Phi) is 7.27. The number of anilines is 1. The third kappa shape index (κ3) is 5.79. The highest BCUT2D eigenvalue weighted by atomic mass is 19.1. The number of amides is 1. The summed E-state index contributed by atoms with van der Waals surface area (Å²) >= 11 is 0. The number of hydrogen-bond donors (Lipinski definition) is 1. The minimum atomic E-state index is -0.297. The van der Waals surface area contributed by atoms with Crippen LogP contribution < -0.4 is 5.32 Å². The average molecular weight is 437 g/mol. The zero-order valence-corrected chi connectivity index (χ0v) is 18.4. The quantitative estimate of drug-likeness (QED) is 0.536. The zero-order chi connectivity index (χ0) is 22.3. The Morgan fingerprint density at radius 3 is 2.50 bits per heavy atom. The maximum absolute atomic E-state index is 13.1. The Hall–Kier alpha value is -3.06. The van der Waals surface area contributed by atoms with Gasteiger partial charge in [0.25, 0.3) is 0 Å². The fourth-order valence-corrected chi connectivity index (χ4v) is 3.99. The van der Waals surface area contributed by atoms with Crippen molar-refractivity contribution in [3.05, 3.63) is 65.8 Å². The highest BCUT2D eigenvalue weighted by Crippen LogP contribution is 2.29. The summed E-state index contributed by atoms with van der Waals surface area (Å²) in [5, 5.41) is 11.3. The summed E-state index contributed by atoms with van der Waals surface area (Å²) in [5.74, 6) is 0.890. The third-order valence-electron chi connectivity index (χ3n) is 5.89. The highest BCUT2D eigenvalue weighted by molar-refractivity contribution is 5.92. The van der Waals surface area contributed by atoms with Crippen molar-refractivity contribution in [3.8, 4) is 11.5 Å². The predicted molar refractivity (Wildman–Crippen MR) is 122 cm³/mol. The molecule has 4 rings (SSSR count). The number of likely N-dealkylation sites (tertiary alicyclic amines) is 1. The number of aryl methyl sites for hydroxylation is 1. The van der Waals surface area contributed by atoms with Gasteiger partial charge in [0.15, 0.2) is 0 Å². The molecule has 0 unspecified atom stereocenters. The number of piperidine rings is 1. The maximum atomic E-state index is 13.1. The van der Waals surface area contributed by atoms with E-state index in [9.17, 15) is 9.18 Å². The summed E-state index contributed by atoms with van der Waals surface area (Å²) in [4.78, 5) is 14.6. The summed E-state index contributed by atoms with van der Waals surface area (Å²) in [6, 6.07) is 14.1. The molecule has 0 bridgehead atoms. The molecular formula is C25H29FN4O2. The summed E-state index contributed by atoms with van der Waals surface area (Å²) in [6.45, 7) is 4.14. The first-order chi connectivity index (χ1) is 15.6. The maximum Gasteiger partial charge on any atom is 0.247 e. The van der Waals surface area contributed by atoms with Crippen LogP contribution in [0, 0.1) is 5.82 Å². The van der Waals surface area contributed by atoms with Gasteiger partial charge >= 0.3 is 0 Å². The molecule has 1 amide bonds. The van der Waals surface area contributed by atoms with Crippen molar-refractivity contribution in [2.24, 2.45) is 0 Å². The Bertz CT molecular complexity index is 1010. The number of nitrogens with one attached hydrogen (secondary N) is 1. The number of hydrogen-bond acceptors (Lipinski definition) is 5. The molecule has 1 N–H and O–H groups in total. The first-order valence-electron chi connectivity index (χ1n) is 11.3. The Morgan fingerprint density at radius 2 is 1.81 bits per heavy atom. The van der Waals surface area contributed by atoms with Crippen LogP contribution in [0.3, 0.4) is 0 Å². The van der Waals surface area contributed by atoms with Gasteiger partial charge in [0.05, 0.1) is 6.54 Å². The molecule has 2 heterocycles. The molecule has 1 aliphatic rings. The van der Waals surface area contributed by atoms with Crippen molar-refractivity contribution in [2.75, 3.05) is 25.0 Å². The van der Waals surface area contributed by atoms with Crippen molar-refractivity contribution in [1.82, 2.24) is 15.1 Å². The normalized spacial score (nSPS) is 15.1. The molecule has 0 aliphatic carbocycles. The van der Waals surface area contributed by atoms with Gasteiger partial charge in [-0.3, -0.25) is 9.69 Å². The van der Waals surface area contributed by atoms with Gasteiger partial charge in [-0.2, -0.15) is 0 Å². The summed E-state index contributed by atoms with van der Waals surface area (Å²) in [5.41, 5.74) is 2.84. The lowest BCUT2D eigenvalue weighted by Crippen LogP contribution is -2.38. The second-order valence-electron chi connectivity index (χ2n) is 8.35. The third-order valence-corrected chi connectivity index (χ3v) is 5.89. The van der Waals surface area contributed by atoms with Crippen LogP contribution in [0.5, 0.6) is 0 Å². The van der Waals surface area contributed by atoms with Crippen LogP contribution in [0.25, 0.3) is 11.5 Å². The van der Waals surface area contributed by atoms with Gasteiger partial charge in [0, 0.05) is 17.2 Å². The van der Waals surface area contributed by atoms with E-state index in [2.05, 4.69) is 39.5 Å². The van der Waals surface area contributed by atoms with E-state index >= 15 is 0 Å². The van der Waals surface area contributed by atoms with Crippen LogP contribution >= 0.6 is 0 Å². The van der Waals surface area contributed by atoms with Crippen LogP contribution in [0.15, 0.2) is 52.9 Å². The molecule has 3 aromatic rings. The van der Waals surface area contributed by atoms with Crippen molar-refractivity contribution in [2.45, 2.75) is 44.9 Å². The topological polar surface area (TPSA) is 71.3 Å². The smallest absolute Gasteiger partial charge is 0.247 e. The van der Waals surface area contributed by atoms with E-state index in [0.717, 1.165) is 38.0 Å². The largest absolute Gasteiger partial charge is 0.420 e. The fraction of sp³-hybridized carbons (Fsp3) is 0.400. The number of benzene rings is 2. The molecule has 0 spiro atoms. The fourth-order valence-electron chi connectivity index (χ4n) is 3.99. The highest BCUT2D eigenvalue weighted by Gasteiger charge is 2.26. The van der Waals surface area contributed by atoms with Gasteiger partial charge in [-0.15, -0.1) is 10.2 Å². The van der Waals surface area contributed by atoms with Crippen molar-refractivity contribution < 1.29 is 13.6 Å². The molecule has 0 radical (unpaired) electrons. The predicted octanol–water partition coefficient (Wildman–Crippen LogP) is 5.04. The first-order valence-corrected chi connectivity index (χ1v) is 11.3. The van der Waals surface area contributed by atoms with Crippen LogP contribution in [0.1, 0.15) is 50.0 Å². The number of unbranched alkanes of at least 4 members (excludes halogenated alkanes) is 1. The second kappa shape index (κ2) is 10.5. The lowest BCUT2D eigenvalue weighted by molar-refractivity contribution is -0.117. The summed E-state index contributed by atoms with van der Waals surface area (Å²) < 4.78 is 18.9. The SMILES string of the molecule is CCCCc1ccc(NC(=O)CN2CCC(c3nnc(-c4ccc(F)cc4)o3)CC2)cc1. The lowest BCUT2D eigenvalue weighted by atomic mass is 9.97. The molecule has 6 nitrogen and oxygen atoms in total. The number of rotatable bonds is 8. The van der Waals surface area contributed by atoms with Gasteiger partial charge in [-0.05, 0) is 80.7 Å². The van der Waals surface area contributed by atoms with Crippen LogP contribution in [-0.2, 0) is 11.2 Å². The number of carbonyl (C=O) groups is 1. The molecule has 7 heteroatoms. The molecule has 2 aromatic carbocycles. The molecule has 1 saturated heterocycles. The molecule has 168 valence electrons. The molecule has 1 fully saturated rings. The molecule has 32 heavy (non-hydrogen) atoms. The van der Waals surface area contributed by atoms with E-state index in [1.54, 1.807) is 12.1 Å². The second-order valence-corrected chi connectivity index (χ2v) is 8.35. The zero-order valence-electron chi connectivity index (χ0n) is 18.4. The minimum absolute atomic E-state index is 0.00106. The van der Waals surface area contributed by atoms with Crippen molar-refractivity contribution in [1.29, 1.82) is 0 Å². The van der Waals surface area contributed by atoms with E-state index in [4.69, 9.17) is 4.42 Å². The monoisotopic (exact) mass is 436 g/mol.